The van der Waals surface area contributed by atoms with Crippen molar-refractivity contribution in [1.29, 1.82) is 0 Å². The normalized spacial score (nSPS) is 10.9. The second kappa shape index (κ2) is 5.98. The highest BCUT2D eigenvalue weighted by atomic mass is 32.2. The molecule has 2 N–H and O–H groups in total. The first kappa shape index (κ1) is 11.5. The summed E-state index contributed by atoms with van der Waals surface area (Å²) in [6.07, 6.45) is 1.78. The monoisotopic (exact) mass is 211 g/mol. The molecule has 0 fully saturated rings. The minimum atomic E-state index is 0.490. The molecule has 0 saturated carbocycles. The molecular formula is C10H17N3S. The van der Waals surface area contributed by atoms with Gasteiger partial charge in [0.05, 0.1) is 11.4 Å². The van der Waals surface area contributed by atoms with Crippen molar-refractivity contribution < 1.29 is 0 Å². The fraction of sp³-hybridized carbons (Fsp3) is 0.600. The lowest BCUT2D eigenvalue weighted by Crippen LogP contribution is -2.03. The molecule has 14 heavy (non-hydrogen) atoms. The second-order valence-electron chi connectivity index (χ2n) is 3.58. The zero-order chi connectivity index (χ0) is 10.4. The number of hydrogen-bond acceptors (Lipinski definition) is 4. The van der Waals surface area contributed by atoms with Crippen LogP contribution < -0.4 is 5.73 Å². The maximum Gasteiger partial charge on any atom is 0.138 e. The van der Waals surface area contributed by atoms with E-state index in [1.165, 1.54) is 0 Å². The highest BCUT2D eigenvalue weighted by Gasteiger charge is 1.99. The van der Waals surface area contributed by atoms with Gasteiger partial charge < -0.3 is 5.73 Å². The highest BCUT2D eigenvalue weighted by Crippen LogP contribution is 2.12. The molecule has 1 heterocycles. The van der Waals surface area contributed by atoms with E-state index in [0.717, 1.165) is 28.9 Å². The van der Waals surface area contributed by atoms with E-state index < -0.39 is 0 Å². The molecule has 0 bridgehead atoms. The van der Waals surface area contributed by atoms with Crippen molar-refractivity contribution in [2.75, 3.05) is 5.75 Å². The number of nitrogens with zero attached hydrogens (tertiary/aromatic N) is 2. The van der Waals surface area contributed by atoms with Crippen LogP contribution in [0.3, 0.4) is 0 Å². The Bertz CT molecular complexity index is 276. The number of thioether (sulfide) groups is 1. The molecule has 3 nitrogen and oxygen atoms in total. The van der Waals surface area contributed by atoms with Gasteiger partial charge in [0, 0.05) is 12.7 Å². The van der Waals surface area contributed by atoms with Crippen LogP contribution in [-0.2, 0) is 12.3 Å². The van der Waals surface area contributed by atoms with Gasteiger partial charge in [-0.15, -0.1) is 0 Å². The summed E-state index contributed by atoms with van der Waals surface area (Å²) >= 11 is 1.87. The van der Waals surface area contributed by atoms with E-state index in [-0.39, 0.29) is 0 Å². The van der Waals surface area contributed by atoms with Gasteiger partial charge >= 0.3 is 0 Å². The Balaban J connectivity index is 2.42. The maximum atomic E-state index is 5.50. The smallest absolute Gasteiger partial charge is 0.138 e. The average molecular weight is 211 g/mol. The van der Waals surface area contributed by atoms with Crippen molar-refractivity contribution in [1.82, 2.24) is 9.97 Å². The van der Waals surface area contributed by atoms with E-state index >= 15 is 0 Å². The largest absolute Gasteiger partial charge is 0.325 e. The Labute approximate surface area is 89.5 Å². The summed E-state index contributed by atoms with van der Waals surface area (Å²) in [7, 11) is 0. The molecule has 0 spiro atoms. The van der Waals surface area contributed by atoms with Crippen LogP contribution in [0.5, 0.6) is 0 Å². The van der Waals surface area contributed by atoms with Crippen LogP contribution in [0.2, 0.25) is 0 Å². The van der Waals surface area contributed by atoms with Crippen LogP contribution in [0.15, 0.2) is 12.3 Å². The molecule has 78 valence electrons. The van der Waals surface area contributed by atoms with Crippen LogP contribution in [0.25, 0.3) is 0 Å². The third-order valence-electron chi connectivity index (χ3n) is 1.65. The summed E-state index contributed by atoms with van der Waals surface area (Å²) in [6, 6.07) is 1.86. The van der Waals surface area contributed by atoms with E-state index in [1.807, 2.05) is 17.8 Å². The topological polar surface area (TPSA) is 51.8 Å². The predicted molar refractivity (Wildman–Crippen MR) is 60.9 cm³/mol. The molecule has 0 aliphatic carbocycles. The van der Waals surface area contributed by atoms with Crippen LogP contribution in [0.4, 0.5) is 0 Å². The summed E-state index contributed by atoms with van der Waals surface area (Å²) in [6.45, 7) is 4.92. The van der Waals surface area contributed by atoms with Crippen molar-refractivity contribution in [3.05, 3.63) is 23.8 Å². The highest BCUT2D eigenvalue weighted by molar-refractivity contribution is 7.98. The first-order chi connectivity index (χ1) is 6.72. The molecule has 0 unspecified atom stereocenters. The zero-order valence-electron chi connectivity index (χ0n) is 8.73. The standard InChI is InChI=1S/C10H17N3S/c1-8(2)6-14-7-10-12-4-3-9(5-11)13-10/h3-4,8H,5-7,11H2,1-2H3. The molecule has 0 aliphatic heterocycles. The van der Waals surface area contributed by atoms with Gasteiger partial charge in [-0.3, -0.25) is 0 Å². The number of hydrogen-bond donors (Lipinski definition) is 1. The minimum Gasteiger partial charge on any atom is -0.325 e. The van der Waals surface area contributed by atoms with Gasteiger partial charge in [-0.05, 0) is 17.7 Å². The van der Waals surface area contributed by atoms with E-state index in [9.17, 15) is 0 Å². The number of nitrogens with two attached hydrogens (primary N) is 1. The van der Waals surface area contributed by atoms with Gasteiger partial charge in [-0.25, -0.2) is 9.97 Å². The summed E-state index contributed by atoms with van der Waals surface area (Å²) in [5, 5.41) is 0. The summed E-state index contributed by atoms with van der Waals surface area (Å²) in [5.41, 5.74) is 6.42. The fourth-order valence-corrected chi connectivity index (χ4v) is 1.92. The molecule has 0 amide bonds. The molecular weight excluding hydrogens is 194 g/mol. The molecule has 1 aromatic rings. The summed E-state index contributed by atoms with van der Waals surface area (Å²) < 4.78 is 0. The Kier molecular flexibility index (Phi) is 4.90. The SMILES string of the molecule is CC(C)CSCc1nccc(CN)n1. The summed E-state index contributed by atoms with van der Waals surface area (Å²) in [4.78, 5) is 8.53. The Morgan fingerprint density at radius 3 is 2.93 bits per heavy atom. The van der Waals surface area contributed by atoms with E-state index in [1.54, 1.807) is 6.20 Å². The fourth-order valence-electron chi connectivity index (χ4n) is 1.01. The van der Waals surface area contributed by atoms with Crippen molar-refractivity contribution >= 4 is 11.8 Å². The van der Waals surface area contributed by atoms with Crippen LogP contribution in [-0.4, -0.2) is 15.7 Å². The quantitative estimate of drug-likeness (QED) is 0.807. The molecule has 0 aromatic carbocycles. The second-order valence-corrected chi connectivity index (χ2v) is 4.61. The van der Waals surface area contributed by atoms with Gasteiger partial charge in [-0.2, -0.15) is 11.8 Å². The zero-order valence-corrected chi connectivity index (χ0v) is 9.55. The van der Waals surface area contributed by atoms with Crippen molar-refractivity contribution in [2.24, 2.45) is 11.7 Å². The van der Waals surface area contributed by atoms with E-state index in [4.69, 9.17) is 5.73 Å². The molecule has 1 aromatic heterocycles. The number of rotatable bonds is 5. The van der Waals surface area contributed by atoms with Crippen LogP contribution >= 0.6 is 11.8 Å². The first-order valence-electron chi connectivity index (χ1n) is 4.81. The molecule has 1 rings (SSSR count). The lowest BCUT2D eigenvalue weighted by atomic mass is 10.3. The lowest BCUT2D eigenvalue weighted by molar-refractivity contribution is 0.749. The molecule has 0 saturated heterocycles. The molecule has 4 heteroatoms. The van der Waals surface area contributed by atoms with Gasteiger partial charge in [0.25, 0.3) is 0 Å². The Hall–Kier alpha value is -0.610. The lowest BCUT2D eigenvalue weighted by Gasteiger charge is -2.04. The summed E-state index contributed by atoms with van der Waals surface area (Å²) in [5.74, 6) is 3.64. The van der Waals surface area contributed by atoms with Crippen LogP contribution in [0, 0.1) is 5.92 Å². The molecule has 0 radical (unpaired) electrons. The van der Waals surface area contributed by atoms with Gasteiger partial charge in [0.15, 0.2) is 0 Å². The van der Waals surface area contributed by atoms with E-state index in [2.05, 4.69) is 23.8 Å². The van der Waals surface area contributed by atoms with Crippen molar-refractivity contribution in [3.8, 4) is 0 Å². The van der Waals surface area contributed by atoms with Crippen molar-refractivity contribution in [2.45, 2.75) is 26.1 Å². The van der Waals surface area contributed by atoms with Gasteiger partial charge in [0.1, 0.15) is 5.82 Å². The minimum absolute atomic E-state index is 0.490. The molecule has 0 aliphatic rings. The van der Waals surface area contributed by atoms with Crippen molar-refractivity contribution in [3.63, 3.8) is 0 Å². The molecule has 0 atom stereocenters. The third kappa shape index (κ3) is 4.07. The van der Waals surface area contributed by atoms with Gasteiger partial charge in [0.2, 0.25) is 0 Å². The number of aromatic nitrogens is 2. The average Bonchev–Trinajstić information content (AvgIpc) is 2.18. The third-order valence-corrected chi connectivity index (χ3v) is 3.02. The van der Waals surface area contributed by atoms with E-state index in [0.29, 0.717) is 6.54 Å². The predicted octanol–water partition coefficient (Wildman–Crippen LogP) is 1.82. The van der Waals surface area contributed by atoms with Crippen LogP contribution in [0.1, 0.15) is 25.4 Å². The van der Waals surface area contributed by atoms with Gasteiger partial charge in [-0.1, -0.05) is 13.8 Å². The first-order valence-corrected chi connectivity index (χ1v) is 5.96. The maximum absolute atomic E-state index is 5.50. The Morgan fingerprint density at radius 1 is 1.50 bits per heavy atom. The Morgan fingerprint density at radius 2 is 2.29 bits per heavy atom.